The Morgan fingerprint density at radius 2 is 2.04 bits per heavy atom. The molecule has 2 amide bonds. The van der Waals surface area contributed by atoms with Crippen molar-refractivity contribution in [2.24, 2.45) is 5.92 Å². The zero-order valence-electron chi connectivity index (χ0n) is 14.4. The maximum atomic E-state index is 12.6. The fourth-order valence-corrected chi connectivity index (χ4v) is 4.42. The number of benzene rings is 1. The fourth-order valence-electron chi connectivity index (χ4n) is 4.42. The van der Waals surface area contributed by atoms with E-state index in [0.717, 1.165) is 30.8 Å². The van der Waals surface area contributed by atoms with Gasteiger partial charge in [0, 0.05) is 30.4 Å². The summed E-state index contributed by atoms with van der Waals surface area (Å²) in [6, 6.07) is 8.06. The summed E-state index contributed by atoms with van der Waals surface area (Å²) in [6.45, 7) is 0.768. The molecular formula is C19H26ClN3O2. The second-order valence-electron chi connectivity index (χ2n) is 7.29. The molecule has 4 rings (SSSR count). The predicted octanol–water partition coefficient (Wildman–Crippen LogP) is 3.09. The molecule has 3 fully saturated rings. The Bertz CT molecular complexity index is 637. The number of rotatable bonds is 3. The molecule has 0 bridgehead atoms. The number of halogens is 1. The van der Waals surface area contributed by atoms with E-state index in [1.165, 1.54) is 25.7 Å². The van der Waals surface area contributed by atoms with Gasteiger partial charge in [0.1, 0.15) is 0 Å². The highest BCUT2D eigenvalue weighted by Gasteiger charge is 2.38. The van der Waals surface area contributed by atoms with Crippen LogP contribution in [0.4, 0.5) is 11.4 Å². The number of carbonyl (C=O) groups excluding carboxylic acids is 2. The van der Waals surface area contributed by atoms with Crippen LogP contribution >= 0.6 is 12.4 Å². The van der Waals surface area contributed by atoms with Crippen molar-refractivity contribution in [2.75, 3.05) is 16.8 Å². The molecule has 2 heterocycles. The lowest BCUT2D eigenvalue weighted by Gasteiger charge is -2.24. The first-order valence-corrected chi connectivity index (χ1v) is 9.18. The Morgan fingerprint density at radius 3 is 2.80 bits per heavy atom. The Kier molecular flexibility index (Phi) is 5.64. The van der Waals surface area contributed by atoms with Crippen LogP contribution in [0.3, 0.4) is 0 Å². The maximum absolute atomic E-state index is 12.6. The minimum atomic E-state index is -0.0878. The molecule has 1 saturated carbocycles. The number of anilines is 2. The van der Waals surface area contributed by atoms with Gasteiger partial charge in [-0.05, 0) is 49.8 Å². The van der Waals surface area contributed by atoms with Gasteiger partial charge in [0.15, 0.2) is 0 Å². The van der Waals surface area contributed by atoms with Gasteiger partial charge in [-0.1, -0.05) is 18.9 Å². The van der Waals surface area contributed by atoms with Crippen molar-refractivity contribution in [3.8, 4) is 0 Å². The predicted molar refractivity (Wildman–Crippen MR) is 101 cm³/mol. The van der Waals surface area contributed by atoms with E-state index in [4.69, 9.17) is 0 Å². The summed E-state index contributed by atoms with van der Waals surface area (Å²) in [7, 11) is 0. The molecule has 136 valence electrons. The third kappa shape index (κ3) is 3.82. The standard InChI is InChI=1S/C19H25N3O2.ClH/c23-18-9-4-10-22(18)15-7-3-6-14(12-15)20-19(24)17-11-13-5-1-2-8-16(13)21-17;/h3,6-7,12-13,16-17,21H,1-2,4-5,8-11H2,(H,20,24);1H. The van der Waals surface area contributed by atoms with Crippen molar-refractivity contribution >= 4 is 35.6 Å². The van der Waals surface area contributed by atoms with Gasteiger partial charge in [0.25, 0.3) is 0 Å². The van der Waals surface area contributed by atoms with Crippen LogP contribution in [0.15, 0.2) is 24.3 Å². The van der Waals surface area contributed by atoms with Crippen LogP contribution in [0.2, 0.25) is 0 Å². The Balaban J connectivity index is 0.00000182. The van der Waals surface area contributed by atoms with Gasteiger partial charge in [-0.15, -0.1) is 12.4 Å². The van der Waals surface area contributed by atoms with E-state index in [-0.39, 0.29) is 30.3 Å². The summed E-state index contributed by atoms with van der Waals surface area (Å²) < 4.78 is 0. The number of hydrogen-bond donors (Lipinski definition) is 2. The topological polar surface area (TPSA) is 61.4 Å². The van der Waals surface area contributed by atoms with Gasteiger partial charge in [0.2, 0.25) is 11.8 Å². The number of nitrogens with zero attached hydrogens (tertiary/aromatic N) is 1. The minimum absolute atomic E-state index is 0. The second kappa shape index (κ2) is 7.75. The lowest BCUT2D eigenvalue weighted by atomic mass is 9.85. The number of fused-ring (bicyclic) bond motifs is 1. The molecule has 3 atom stereocenters. The average molecular weight is 364 g/mol. The van der Waals surface area contributed by atoms with Crippen molar-refractivity contribution < 1.29 is 9.59 Å². The van der Waals surface area contributed by atoms with Crippen LogP contribution in [-0.2, 0) is 9.59 Å². The summed E-state index contributed by atoms with van der Waals surface area (Å²) in [5, 5.41) is 6.55. The number of amides is 2. The molecule has 0 aromatic heterocycles. The number of nitrogens with one attached hydrogen (secondary N) is 2. The summed E-state index contributed by atoms with van der Waals surface area (Å²) >= 11 is 0. The number of hydrogen-bond acceptors (Lipinski definition) is 3. The Hall–Kier alpha value is -1.59. The SMILES string of the molecule is Cl.O=C(Nc1cccc(N2CCCC2=O)c1)C1CC2CCCCC2N1. The first-order chi connectivity index (χ1) is 11.7. The van der Waals surface area contributed by atoms with Gasteiger partial charge in [0.05, 0.1) is 6.04 Å². The van der Waals surface area contributed by atoms with Crippen molar-refractivity contribution in [3.63, 3.8) is 0 Å². The van der Waals surface area contributed by atoms with Crippen LogP contribution in [0.1, 0.15) is 44.9 Å². The summed E-state index contributed by atoms with van der Waals surface area (Å²) in [5.74, 6) is 0.873. The third-order valence-corrected chi connectivity index (χ3v) is 5.68. The summed E-state index contributed by atoms with van der Waals surface area (Å²) in [6.07, 6.45) is 7.48. The number of carbonyl (C=O) groups is 2. The maximum Gasteiger partial charge on any atom is 0.241 e. The second-order valence-corrected chi connectivity index (χ2v) is 7.29. The Labute approximate surface area is 154 Å². The molecule has 6 heteroatoms. The molecule has 1 aromatic rings. The van der Waals surface area contributed by atoms with Crippen LogP contribution in [0.25, 0.3) is 0 Å². The fraction of sp³-hybridized carbons (Fsp3) is 0.579. The smallest absolute Gasteiger partial charge is 0.241 e. The third-order valence-electron chi connectivity index (χ3n) is 5.68. The highest BCUT2D eigenvalue weighted by molar-refractivity contribution is 5.98. The van der Waals surface area contributed by atoms with E-state index >= 15 is 0 Å². The average Bonchev–Trinajstić information content (AvgIpc) is 3.21. The molecule has 3 aliphatic rings. The van der Waals surface area contributed by atoms with E-state index in [1.54, 1.807) is 4.90 Å². The Morgan fingerprint density at radius 1 is 1.20 bits per heavy atom. The molecule has 5 nitrogen and oxygen atoms in total. The normalized spacial score (nSPS) is 28.4. The van der Waals surface area contributed by atoms with Crippen molar-refractivity contribution in [1.29, 1.82) is 0 Å². The van der Waals surface area contributed by atoms with Gasteiger partial charge in [-0.2, -0.15) is 0 Å². The first-order valence-electron chi connectivity index (χ1n) is 9.18. The van der Waals surface area contributed by atoms with E-state index in [9.17, 15) is 9.59 Å². The zero-order chi connectivity index (χ0) is 16.5. The van der Waals surface area contributed by atoms with Crippen LogP contribution in [0.5, 0.6) is 0 Å². The van der Waals surface area contributed by atoms with E-state index < -0.39 is 0 Å². The van der Waals surface area contributed by atoms with Crippen LogP contribution in [0, 0.1) is 5.92 Å². The summed E-state index contributed by atoms with van der Waals surface area (Å²) in [5.41, 5.74) is 1.65. The summed E-state index contributed by atoms with van der Waals surface area (Å²) in [4.78, 5) is 26.3. The molecule has 0 spiro atoms. The lowest BCUT2D eigenvalue weighted by Crippen LogP contribution is -2.39. The van der Waals surface area contributed by atoms with Crippen molar-refractivity contribution in [1.82, 2.24) is 5.32 Å². The van der Waals surface area contributed by atoms with Crippen molar-refractivity contribution in [2.45, 2.75) is 57.0 Å². The molecule has 1 aliphatic carbocycles. The van der Waals surface area contributed by atoms with E-state index in [2.05, 4.69) is 10.6 Å². The highest BCUT2D eigenvalue weighted by Crippen LogP contribution is 2.33. The largest absolute Gasteiger partial charge is 0.325 e. The van der Waals surface area contributed by atoms with Gasteiger partial charge < -0.3 is 15.5 Å². The van der Waals surface area contributed by atoms with Crippen molar-refractivity contribution in [3.05, 3.63) is 24.3 Å². The van der Waals surface area contributed by atoms with Gasteiger partial charge in [-0.25, -0.2) is 0 Å². The molecule has 2 N–H and O–H groups in total. The molecule has 25 heavy (non-hydrogen) atoms. The lowest BCUT2D eigenvalue weighted by molar-refractivity contribution is -0.118. The quantitative estimate of drug-likeness (QED) is 0.867. The molecule has 2 saturated heterocycles. The molecule has 2 aliphatic heterocycles. The molecular weight excluding hydrogens is 338 g/mol. The van der Waals surface area contributed by atoms with Crippen LogP contribution in [-0.4, -0.2) is 30.4 Å². The van der Waals surface area contributed by atoms with E-state index in [0.29, 0.717) is 18.4 Å². The molecule has 1 aromatic carbocycles. The molecule has 3 unspecified atom stereocenters. The monoisotopic (exact) mass is 363 g/mol. The zero-order valence-corrected chi connectivity index (χ0v) is 15.2. The first kappa shape index (κ1) is 18.2. The minimum Gasteiger partial charge on any atom is -0.325 e. The molecule has 0 radical (unpaired) electrons. The van der Waals surface area contributed by atoms with E-state index in [1.807, 2.05) is 24.3 Å². The highest BCUT2D eigenvalue weighted by atomic mass is 35.5. The van der Waals surface area contributed by atoms with Gasteiger partial charge >= 0.3 is 0 Å². The van der Waals surface area contributed by atoms with Crippen LogP contribution < -0.4 is 15.5 Å². The van der Waals surface area contributed by atoms with Gasteiger partial charge in [-0.3, -0.25) is 9.59 Å².